The van der Waals surface area contributed by atoms with Gasteiger partial charge in [-0.05, 0) is 21.9 Å². The van der Waals surface area contributed by atoms with E-state index in [4.69, 9.17) is 0 Å². The predicted octanol–water partition coefficient (Wildman–Crippen LogP) is 4.63. The molecule has 0 radical (unpaired) electrons. The van der Waals surface area contributed by atoms with Gasteiger partial charge in [-0.2, -0.15) is 0 Å². The van der Waals surface area contributed by atoms with Crippen LogP contribution in [-0.4, -0.2) is 0 Å². The van der Waals surface area contributed by atoms with Crippen LogP contribution in [0.1, 0.15) is 11.1 Å². The average Bonchev–Trinajstić information content (AvgIpc) is 2.27. The first-order valence-corrected chi connectivity index (χ1v) is 6.72. The van der Waals surface area contributed by atoms with E-state index < -0.39 is 0 Å². The first-order valence-electron chi connectivity index (χ1n) is 4.47. The van der Waals surface area contributed by atoms with E-state index in [0.717, 1.165) is 10.7 Å². The molecular formula is C12H10Br2. The molecule has 0 saturated heterocycles. The summed E-state index contributed by atoms with van der Waals surface area (Å²) in [6.07, 6.45) is 0. The molecule has 2 aromatic rings. The second kappa shape index (κ2) is 4.45. The van der Waals surface area contributed by atoms with Crippen LogP contribution in [0.15, 0.2) is 36.4 Å². The molecule has 0 saturated carbocycles. The van der Waals surface area contributed by atoms with E-state index in [1.54, 1.807) is 0 Å². The lowest BCUT2D eigenvalue weighted by atomic mass is 10.0. The zero-order valence-electron chi connectivity index (χ0n) is 7.63. The molecule has 0 aromatic heterocycles. The molecule has 0 bridgehead atoms. The molecule has 0 heterocycles. The van der Waals surface area contributed by atoms with Crippen LogP contribution in [0.3, 0.4) is 0 Å². The van der Waals surface area contributed by atoms with E-state index in [0.29, 0.717) is 0 Å². The number of benzene rings is 2. The van der Waals surface area contributed by atoms with Gasteiger partial charge in [-0.25, -0.2) is 0 Å². The van der Waals surface area contributed by atoms with E-state index in [-0.39, 0.29) is 0 Å². The number of hydrogen-bond donors (Lipinski definition) is 0. The average molecular weight is 314 g/mol. The maximum atomic E-state index is 3.51. The molecule has 14 heavy (non-hydrogen) atoms. The molecule has 0 atom stereocenters. The highest BCUT2D eigenvalue weighted by Gasteiger charge is 2.02. The molecule has 2 aromatic carbocycles. The minimum atomic E-state index is 0.915. The van der Waals surface area contributed by atoms with E-state index in [2.05, 4.69) is 68.3 Å². The summed E-state index contributed by atoms with van der Waals surface area (Å²) in [5, 5.41) is 4.45. The van der Waals surface area contributed by atoms with E-state index >= 15 is 0 Å². The highest BCUT2D eigenvalue weighted by molar-refractivity contribution is 9.09. The van der Waals surface area contributed by atoms with Crippen molar-refractivity contribution in [2.75, 3.05) is 0 Å². The fourth-order valence-electron chi connectivity index (χ4n) is 1.58. The molecule has 0 aliphatic heterocycles. The molecule has 0 aliphatic carbocycles. The Morgan fingerprint density at radius 3 is 1.57 bits per heavy atom. The summed E-state index contributed by atoms with van der Waals surface area (Å²) in [5.74, 6) is 0. The fourth-order valence-corrected chi connectivity index (χ4v) is 2.63. The van der Waals surface area contributed by atoms with Gasteiger partial charge in [0.1, 0.15) is 0 Å². The molecule has 0 fully saturated rings. The van der Waals surface area contributed by atoms with Gasteiger partial charge < -0.3 is 0 Å². The Bertz CT molecular complexity index is 407. The van der Waals surface area contributed by atoms with E-state index in [9.17, 15) is 0 Å². The lowest BCUT2D eigenvalue weighted by molar-refractivity contribution is 1.32. The highest BCUT2D eigenvalue weighted by atomic mass is 79.9. The molecule has 0 N–H and O–H groups in total. The monoisotopic (exact) mass is 312 g/mol. The second-order valence-electron chi connectivity index (χ2n) is 3.24. The van der Waals surface area contributed by atoms with Crippen molar-refractivity contribution in [3.63, 3.8) is 0 Å². The van der Waals surface area contributed by atoms with Crippen molar-refractivity contribution >= 4 is 42.6 Å². The van der Waals surface area contributed by atoms with Crippen molar-refractivity contribution in [2.24, 2.45) is 0 Å². The van der Waals surface area contributed by atoms with Crippen LogP contribution in [0.4, 0.5) is 0 Å². The van der Waals surface area contributed by atoms with Gasteiger partial charge in [0.2, 0.25) is 0 Å². The minimum Gasteiger partial charge on any atom is -0.0876 e. The Hall–Kier alpha value is -0.340. The number of fused-ring (bicyclic) bond motifs is 1. The molecule has 72 valence electrons. The van der Waals surface area contributed by atoms with Crippen LogP contribution in [0, 0.1) is 0 Å². The second-order valence-corrected chi connectivity index (χ2v) is 4.36. The van der Waals surface area contributed by atoms with Gasteiger partial charge in [0.15, 0.2) is 0 Å². The Morgan fingerprint density at radius 2 is 1.21 bits per heavy atom. The Morgan fingerprint density at radius 1 is 0.786 bits per heavy atom. The Kier molecular flexibility index (Phi) is 3.24. The largest absolute Gasteiger partial charge is 0.0876 e. The third-order valence-corrected chi connectivity index (χ3v) is 3.56. The van der Waals surface area contributed by atoms with E-state index in [1.165, 1.54) is 21.9 Å². The van der Waals surface area contributed by atoms with Gasteiger partial charge in [-0.15, -0.1) is 0 Å². The third-order valence-electron chi connectivity index (χ3n) is 2.36. The molecule has 0 nitrogen and oxygen atoms in total. The number of hydrogen-bond acceptors (Lipinski definition) is 0. The molecule has 0 amide bonds. The summed E-state index contributed by atoms with van der Waals surface area (Å²) in [4.78, 5) is 0. The van der Waals surface area contributed by atoms with Crippen molar-refractivity contribution in [1.29, 1.82) is 0 Å². The molecule has 2 heteroatoms. The zero-order valence-corrected chi connectivity index (χ0v) is 10.8. The highest BCUT2D eigenvalue weighted by Crippen LogP contribution is 2.23. The normalized spacial score (nSPS) is 10.7. The van der Waals surface area contributed by atoms with Crippen LogP contribution in [0.2, 0.25) is 0 Å². The van der Waals surface area contributed by atoms with Crippen molar-refractivity contribution in [3.05, 3.63) is 47.5 Å². The van der Waals surface area contributed by atoms with Gasteiger partial charge in [0.05, 0.1) is 0 Å². The van der Waals surface area contributed by atoms with Crippen molar-refractivity contribution in [1.82, 2.24) is 0 Å². The Labute approximate surface area is 101 Å². The topological polar surface area (TPSA) is 0 Å². The number of rotatable bonds is 2. The van der Waals surface area contributed by atoms with Gasteiger partial charge in [0, 0.05) is 10.7 Å². The Balaban J connectivity index is 2.69. The standard InChI is InChI=1S/C12H10Br2/c13-7-11-5-9-3-1-2-4-10(9)6-12(11)8-14/h1-6H,7-8H2. The van der Waals surface area contributed by atoms with Gasteiger partial charge in [-0.3, -0.25) is 0 Å². The van der Waals surface area contributed by atoms with Gasteiger partial charge in [-0.1, -0.05) is 68.3 Å². The van der Waals surface area contributed by atoms with Crippen molar-refractivity contribution in [2.45, 2.75) is 10.7 Å². The van der Waals surface area contributed by atoms with Crippen molar-refractivity contribution < 1.29 is 0 Å². The summed E-state index contributed by atoms with van der Waals surface area (Å²) in [7, 11) is 0. The van der Waals surface area contributed by atoms with Crippen molar-refractivity contribution in [3.8, 4) is 0 Å². The van der Waals surface area contributed by atoms with Crippen LogP contribution < -0.4 is 0 Å². The summed E-state index contributed by atoms with van der Waals surface area (Å²) < 4.78 is 0. The fraction of sp³-hybridized carbons (Fsp3) is 0.167. The zero-order chi connectivity index (χ0) is 9.97. The maximum Gasteiger partial charge on any atom is 0.0286 e. The summed E-state index contributed by atoms with van der Waals surface area (Å²) >= 11 is 7.03. The maximum absolute atomic E-state index is 3.51. The molecule has 0 spiro atoms. The summed E-state index contributed by atoms with van der Waals surface area (Å²) in [5.41, 5.74) is 2.72. The summed E-state index contributed by atoms with van der Waals surface area (Å²) in [6, 6.07) is 13.0. The van der Waals surface area contributed by atoms with Gasteiger partial charge in [0.25, 0.3) is 0 Å². The first kappa shape index (κ1) is 10.2. The summed E-state index contributed by atoms with van der Waals surface area (Å²) in [6.45, 7) is 0. The predicted molar refractivity (Wildman–Crippen MR) is 69.2 cm³/mol. The lowest BCUT2D eigenvalue weighted by Crippen LogP contribution is -1.88. The molecule has 0 aliphatic rings. The minimum absolute atomic E-state index is 0.915. The smallest absolute Gasteiger partial charge is 0.0286 e. The van der Waals surface area contributed by atoms with Gasteiger partial charge >= 0.3 is 0 Å². The van der Waals surface area contributed by atoms with Crippen LogP contribution in [-0.2, 0) is 10.7 Å². The molecular weight excluding hydrogens is 304 g/mol. The number of alkyl halides is 2. The third kappa shape index (κ3) is 1.86. The first-order chi connectivity index (χ1) is 6.85. The lowest BCUT2D eigenvalue weighted by Gasteiger charge is -2.06. The molecule has 0 unspecified atom stereocenters. The number of halogens is 2. The van der Waals surface area contributed by atoms with Crippen LogP contribution in [0.5, 0.6) is 0 Å². The quantitative estimate of drug-likeness (QED) is 0.709. The molecule has 2 rings (SSSR count). The SMILES string of the molecule is BrCc1cc2ccccc2cc1CBr. The van der Waals surface area contributed by atoms with Crippen LogP contribution >= 0.6 is 31.9 Å². The van der Waals surface area contributed by atoms with E-state index in [1.807, 2.05) is 0 Å². The van der Waals surface area contributed by atoms with Crippen LogP contribution in [0.25, 0.3) is 10.8 Å².